The molecule has 0 aliphatic carbocycles. The fraction of sp³-hybridized carbons (Fsp3) is 0.143. The Balaban J connectivity index is 0.00000162. The summed E-state index contributed by atoms with van der Waals surface area (Å²) in [6.07, 6.45) is 0. The molecule has 2 aromatic rings. The third-order valence-corrected chi connectivity index (χ3v) is 2.70. The molecule has 96 valence electrons. The molecular weight excluding hydrogens is 253 g/mol. The number of methoxy groups -OCH3 is 1. The summed E-state index contributed by atoms with van der Waals surface area (Å²) in [5.74, 6) is 0.361. The number of ether oxygens (including phenoxy) is 1. The van der Waals surface area contributed by atoms with Crippen molar-refractivity contribution in [2.24, 2.45) is 5.73 Å². The maximum Gasteiger partial charge on any atom is 0.131 e. The van der Waals surface area contributed by atoms with Crippen LogP contribution in [0, 0.1) is 5.82 Å². The number of hydrogen-bond donors (Lipinski definition) is 1. The van der Waals surface area contributed by atoms with Crippen molar-refractivity contribution in [3.8, 4) is 16.9 Å². The fourth-order valence-corrected chi connectivity index (χ4v) is 1.80. The van der Waals surface area contributed by atoms with Gasteiger partial charge in [-0.2, -0.15) is 0 Å². The van der Waals surface area contributed by atoms with Crippen molar-refractivity contribution in [1.29, 1.82) is 0 Å². The zero-order valence-electron chi connectivity index (χ0n) is 10.0. The molecule has 0 saturated heterocycles. The standard InChI is InChI=1S/C14H14FNO.ClH/c1-17-11-6-7-14(15)13(8-11)12-5-3-2-4-10(12)9-16;/h2-8H,9,16H2,1H3;1H. The first kappa shape index (κ1) is 14.5. The predicted molar refractivity (Wildman–Crippen MR) is 73.5 cm³/mol. The van der Waals surface area contributed by atoms with Gasteiger partial charge in [0.15, 0.2) is 0 Å². The van der Waals surface area contributed by atoms with Crippen molar-refractivity contribution in [2.75, 3.05) is 7.11 Å². The van der Waals surface area contributed by atoms with Crippen LogP contribution in [-0.4, -0.2) is 7.11 Å². The van der Waals surface area contributed by atoms with Crippen LogP contribution in [0.1, 0.15) is 5.56 Å². The van der Waals surface area contributed by atoms with Crippen LogP contribution in [0.5, 0.6) is 5.75 Å². The van der Waals surface area contributed by atoms with E-state index in [1.807, 2.05) is 24.3 Å². The van der Waals surface area contributed by atoms with E-state index in [9.17, 15) is 4.39 Å². The first-order chi connectivity index (χ1) is 8.26. The van der Waals surface area contributed by atoms with Gasteiger partial charge in [-0.1, -0.05) is 24.3 Å². The Labute approximate surface area is 112 Å². The molecule has 0 unspecified atom stereocenters. The Kier molecular flexibility index (Phi) is 5.13. The number of nitrogens with two attached hydrogens (primary N) is 1. The molecule has 2 nitrogen and oxygen atoms in total. The molecule has 0 heterocycles. The molecule has 0 atom stereocenters. The zero-order valence-corrected chi connectivity index (χ0v) is 10.8. The highest BCUT2D eigenvalue weighted by Crippen LogP contribution is 2.29. The summed E-state index contributed by atoms with van der Waals surface area (Å²) in [4.78, 5) is 0. The van der Waals surface area contributed by atoms with Crippen LogP contribution >= 0.6 is 12.4 Å². The van der Waals surface area contributed by atoms with Crippen LogP contribution in [-0.2, 0) is 6.54 Å². The van der Waals surface area contributed by atoms with Gasteiger partial charge in [0.1, 0.15) is 11.6 Å². The van der Waals surface area contributed by atoms with Crippen molar-refractivity contribution >= 4 is 12.4 Å². The van der Waals surface area contributed by atoms with Gasteiger partial charge in [0.25, 0.3) is 0 Å². The minimum atomic E-state index is -0.272. The van der Waals surface area contributed by atoms with Gasteiger partial charge >= 0.3 is 0 Å². The highest BCUT2D eigenvalue weighted by molar-refractivity contribution is 5.85. The molecule has 0 aliphatic rings. The summed E-state index contributed by atoms with van der Waals surface area (Å²) in [5.41, 5.74) is 7.90. The van der Waals surface area contributed by atoms with Gasteiger partial charge in [-0.05, 0) is 29.3 Å². The summed E-state index contributed by atoms with van der Waals surface area (Å²) in [7, 11) is 1.56. The van der Waals surface area contributed by atoms with Crippen LogP contribution in [0.3, 0.4) is 0 Å². The average molecular weight is 268 g/mol. The van der Waals surface area contributed by atoms with Crippen LogP contribution in [0.25, 0.3) is 11.1 Å². The second-order valence-electron chi connectivity index (χ2n) is 3.71. The minimum Gasteiger partial charge on any atom is -0.497 e. The normalized spacial score (nSPS) is 9.72. The number of hydrogen-bond acceptors (Lipinski definition) is 2. The maximum absolute atomic E-state index is 13.8. The van der Waals surface area contributed by atoms with Gasteiger partial charge in [-0.15, -0.1) is 12.4 Å². The molecule has 0 radical (unpaired) electrons. The van der Waals surface area contributed by atoms with Crippen LogP contribution in [0.4, 0.5) is 4.39 Å². The van der Waals surface area contributed by atoms with Crippen LogP contribution in [0.15, 0.2) is 42.5 Å². The molecule has 0 fully saturated rings. The molecule has 2 N–H and O–H groups in total. The molecule has 18 heavy (non-hydrogen) atoms. The summed E-state index contributed by atoms with van der Waals surface area (Å²) >= 11 is 0. The molecule has 0 saturated carbocycles. The van der Waals surface area contributed by atoms with E-state index in [2.05, 4.69) is 0 Å². The van der Waals surface area contributed by atoms with Crippen LogP contribution < -0.4 is 10.5 Å². The zero-order chi connectivity index (χ0) is 12.3. The monoisotopic (exact) mass is 267 g/mol. The summed E-state index contributed by atoms with van der Waals surface area (Å²) < 4.78 is 18.9. The molecule has 0 aliphatic heterocycles. The first-order valence-electron chi connectivity index (χ1n) is 5.38. The Morgan fingerprint density at radius 2 is 1.83 bits per heavy atom. The van der Waals surface area contributed by atoms with E-state index in [0.29, 0.717) is 17.9 Å². The molecule has 2 aromatic carbocycles. The lowest BCUT2D eigenvalue weighted by Crippen LogP contribution is -1.99. The van der Waals surface area contributed by atoms with Crippen molar-refractivity contribution in [3.63, 3.8) is 0 Å². The van der Waals surface area contributed by atoms with E-state index in [0.717, 1.165) is 11.1 Å². The Morgan fingerprint density at radius 1 is 1.11 bits per heavy atom. The number of rotatable bonds is 3. The topological polar surface area (TPSA) is 35.2 Å². The second-order valence-corrected chi connectivity index (χ2v) is 3.71. The van der Waals surface area contributed by atoms with E-state index < -0.39 is 0 Å². The van der Waals surface area contributed by atoms with E-state index in [1.54, 1.807) is 19.2 Å². The lowest BCUT2D eigenvalue weighted by atomic mass is 9.99. The average Bonchev–Trinajstić information content (AvgIpc) is 2.39. The van der Waals surface area contributed by atoms with Gasteiger partial charge in [0.2, 0.25) is 0 Å². The molecule has 4 heteroatoms. The van der Waals surface area contributed by atoms with Crippen molar-refractivity contribution in [3.05, 3.63) is 53.8 Å². The van der Waals surface area contributed by atoms with Gasteiger partial charge in [-0.25, -0.2) is 4.39 Å². The molecule has 0 amide bonds. The van der Waals surface area contributed by atoms with Crippen molar-refractivity contribution in [1.82, 2.24) is 0 Å². The summed E-state index contributed by atoms with van der Waals surface area (Å²) in [5, 5.41) is 0. The van der Waals surface area contributed by atoms with E-state index in [-0.39, 0.29) is 18.2 Å². The smallest absolute Gasteiger partial charge is 0.131 e. The fourth-order valence-electron chi connectivity index (χ4n) is 1.80. The van der Waals surface area contributed by atoms with Gasteiger partial charge < -0.3 is 10.5 Å². The molecule has 0 aromatic heterocycles. The Morgan fingerprint density at radius 3 is 2.50 bits per heavy atom. The lowest BCUT2D eigenvalue weighted by molar-refractivity contribution is 0.414. The van der Waals surface area contributed by atoms with Gasteiger partial charge in [0, 0.05) is 12.1 Å². The van der Waals surface area contributed by atoms with Gasteiger partial charge in [-0.3, -0.25) is 0 Å². The maximum atomic E-state index is 13.8. The lowest BCUT2D eigenvalue weighted by Gasteiger charge is -2.10. The highest BCUT2D eigenvalue weighted by atomic mass is 35.5. The van der Waals surface area contributed by atoms with Gasteiger partial charge in [0.05, 0.1) is 7.11 Å². The van der Waals surface area contributed by atoms with Crippen LogP contribution in [0.2, 0.25) is 0 Å². The van der Waals surface area contributed by atoms with Crippen molar-refractivity contribution < 1.29 is 9.13 Å². The predicted octanol–water partition coefficient (Wildman–Crippen LogP) is 3.38. The molecule has 2 rings (SSSR count). The quantitative estimate of drug-likeness (QED) is 0.925. The minimum absolute atomic E-state index is 0. The largest absolute Gasteiger partial charge is 0.497 e. The summed E-state index contributed by atoms with van der Waals surface area (Å²) in [6.45, 7) is 0.382. The molecular formula is C14H15ClFNO. The Bertz CT molecular complexity index is 531. The molecule has 0 bridgehead atoms. The summed E-state index contributed by atoms with van der Waals surface area (Å²) in [6, 6.07) is 12.2. The SMILES string of the molecule is COc1ccc(F)c(-c2ccccc2CN)c1.Cl. The highest BCUT2D eigenvalue weighted by Gasteiger charge is 2.09. The van der Waals surface area contributed by atoms with E-state index in [1.165, 1.54) is 6.07 Å². The molecule has 0 spiro atoms. The van der Waals surface area contributed by atoms with Crippen molar-refractivity contribution in [2.45, 2.75) is 6.54 Å². The third-order valence-electron chi connectivity index (χ3n) is 2.70. The number of halogens is 2. The Hall–Kier alpha value is -1.58. The van der Waals surface area contributed by atoms with E-state index in [4.69, 9.17) is 10.5 Å². The first-order valence-corrected chi connectivity index (χ1v) is 5.38. The van der Waals surface area contributed by atoms with E-state index >= 15 is 0 Å². The number of benzene rings is 2. The third kappa shape index (κ3) is 2.81. The second kappa shape index (κ2) is 6.38.